The summed E-state index contributed by atoms with van der Waals surface area (Å²) in [7, 11) is 6.25. The van der Waals surface area contributed by atoms with Gasteiger partial charge in [0.25, 0.3) is 0 Å². The summed E-state index contributed by atoms with van der Waals surface area (Å²) >= 11 is 0.983. The molecule has 0 fully saturated rings. The lowest BCUT2D eigenvalue weighted by atomic mass is 10.1. The molecule has 0 aliphatic carbocycles. The highest BCUT2D eigenvalue weighted by atomic mass is 32.1. The fourth-order valence-electron chi connectivity index (χ4n) is 2.49. The molecule has 0 amide bonds. The van der Waals surface area contributed by atoms with Crippen molar-refractivity contribution in [3.63, 3.8) is 0 Å². The minimum atomic E-state index is -4.42. The van der Waals surface area contributed by atoms with Crippen molar-refractivity contribution in [1.82, 2.24) is 15.6 Å². The highest BCUT2D eigenvalue weighted by Gasteiger charge is 2.33. The minimum absolute atomic E-state index is 0.344. The van der Waals surface area contributed by atoms with E-state index in [1.165, 1.54) is 0 Å². The van der Waals surface area contributed by atoms with Crippen LogP contribution in [0.5, 0.6) is 17.2 Å². The Hall–Kier alpha value is -2.69. The summed E-state index contributed by atoms with van der Waals surface area (Å²) < 4.78 is 53.9. The molecule has 0 aliphatic heterocycles. The van der Waals surface area contributed by atoms with E-state index in [1.807, 2.05) is 0 Å². The van der Waals surface area contributed by atoms with Gasteiger partial charge in [0.1, 0.15) is 17.2 Å². The van der Waals surface area contributed by atoms with E-state index in [1.54, 1.807) is 40.5 Å². The van der Waals surface area contributed by atoms with Gasteiger partial charge in [-0.2, -0.15) is 13.2 Å². The number of guanidine groups is 1. The molecule has 0 saturated carbocycles. The van der Waals surface area contributed by atoms with Crippen LogP contribution in [0.2, 0.25) is 0 Å². The fourth-order valence-corrected chi connectivity index (χ4v) is 3.29. The predicted octanol–water partition coefficient (Wildman–Crippen LogP) is 3.10. The second kappa shape index (κ2) is 10.2. The van der Waals surface area contributed by atoms with Crippen LogP contribution in [0.15, 0.2) is 22.5 Å². The third-order valence-corrected chi connectivity index (χ3v) is 4.86. The molecule has 0 spiro atoms. The molecule has 7 nitrogen and oxygen atoms in total. The molecule has 29 heavy (non-hydrogen) atoms. The van der Waals surface area contributed by atoms with Gasteiger partial charge in [-0.1, -0.05) is 0 Å². The van der Waals surface area contributed by atoms with E-state index in [0.29, 0.717) is 47.7 Å². The van der Waals surface area contributed by atoms with Gasteiger partial charge in [-0.05, 0) is 0 Å². The van der Waals surface area contributed by atoms with Gasteiger partial charge in [0.15, 0.2) is 11.7 Å². The zero-order valence-corrected chi connectivity index (χ0v) is 17.3. The van der Waals surface area contributed by atoms with Crippen molar-refractivity contribution in [3.8, 4) is 17.2 Å². The normalized spacial score (nSPS) is 11.9. The second-order valence-electron chi connectivity index (χ2n) is 5.74. The highest BCUT2D eigenvalue weighted by molar-refractivity contribution is 7.09. The Labute approximate surface area is 170 Å². The number of aromatic nitrogens is 1. The number of hydrogen-bond donors (Lipinski definition) is 2. The molecular weight excluding hydrogens is 409 g/mol. The van der Waals surface area contributed by atoms with E-state index in [0.717, 1.165) is 22.3 Å². The zero-order chi connectivity index (χ0) is 21.4. The van der Waals surface area contributed by atoms with Gasteiger partial charge in [0.05, 0.1) is 38.4 Å². The molecule has 160 valence electrons. The Morgan fingerprint density at radius 1 is 1.10 bits per heavy atom. The lowest BCUT2D eigenvalue weighted by molar-refractivity contribution is -0.140. The van der Waals surface area contributed by atoms with Crippen LogP contribution in [0, 0.1) is 0 Å². The number of ether oxygens (including phenoxy) is 3. The number of benzene rings is 1. The van der Waals surface area contributed by atoms with Gasteiger partial charge in [-0.3, -0.25) is 4.99 Å². The smallest absolute Gasteiger partial charge is 0.434 e. The number of thiazole rings is 1. The van der Waals surface area contributed by atoms with Crippen LogP contribution in [0.4, 0.5) is 13.2 Å². The zero-order valence-electron chi connectivity index (χ0n) is 16.5. The van der Waals surface area contributed by atoms with E-state index in [4.69, 9.17) is 14.2 Å². The molecule has 0 aliphatic rings. The number of halogens is 3. The van der Waals surface area contributed by atoms with Gasteiger partial charge >= 0.3 is 6.18 Å². The van der Waals surface area contributed by atoms with Crippen LogP contribution >= 0.6 is 11.3 Å². The Kier molecular flexibility index (Phi) is 7.94. The molecular formula is C18H23F3N4O3S. The third kappa shape index (κ3) is 6.14. The van der Waals surface area contributed by atoms with Crippen molar-refractivity contribution in [3.05, 3.63) is 33.8 Å². The first-order valence-corrected chi connectivity index (χ1v) is 9.45. The number of rotatable bonds is 8. The summed E-state index contributed by atoms with van der Waals surface area (Å²) in [4.78, 5) is 7.72. The van der Waals surface area contributed by atoms with Crippen molar-refractivity contribution in [2.75, 3.05) is 34.9 Å². The van der Waals surface area contributed by atoms with E-state index in [-0.39, 0.29) is 0 Å². The van der Waals surface area contributed by atoms with Crippen molar-refractivity contribution >= 4 is 17.3 Å². The molecule has 2 aromatic rings. The van der Waals surface area contributed by atoms with Gasteiger partial charge in [-0.15, -0.1) is 11.3 Å². The van der Waals surface area contributed by atoms with Gasteiger partial charge in [0, 0.05) is 37.5 Å². The molecule has 2 rings (SSSR count). The summed E-state index contributed by atoms with van der Waals surface area (Å²) in [6.07, 6.45) is -4.08. The summed E-state index contributed by atoms with van der Waals surface area (Å²) in [5, 5.41) is 7.60. The topological polar surface area (TPSA) is 77.0 Å². The summed E-state index contributed by atoms with van der Waals surface area (Å²) in [5.74, 6) is 2.27. The Balaban J connectivity index is 1.95. The average Bonchev–Trinajstić information content (AvgIpc) is 3.19. The first-order chi connectivity index (χ1) is 13.8. The molecule has 0 unspecified atom stereocenters. The minimum Gasteiger partial charge on any atom is -0.496 e. The lowest BCUT2D eigenvalue weighted by Crippen LogP contribution is -2.38. The van der Waals surface area contributed by atoms with E-state index in [9.17, 15) is 13.2 Å². The Morgan fingerprint density at radius 2 is 1.76 bits per heavy atom. The maximum absolute atomic E-state index is 12.6. The van der Waals surface area contributed by atoms with Crippen molar-refractivity contribution in [1.29, 1.82) is 0 Å². The number of aliphatic imine (C=N–C) groups is 1. The Bertz CT molecular complexity index is 815. The van der Waals surface area contributed by atoms with Crippen LogP contribution in [0.1, 0.15) is 16.3 Å². The molecule has 0 bridgehead atoms. The molecule has 1 heterocycles. The van der Waals surface area contributed by atoms with Gasteiger partial charge in [0.2, 0.25) is 0 Å². The van der Waals surface area contributed by atoms with Crippen molar-refractivity contribution in [2.45, 2.75) is 19.1 Å². The molecule has 1 aromatic carbocycles. The van der Waals surface area contributed by atoms with Crippen LogP contribution in [-0.2, 0) is 19.1 Å². The highest BCUT2D eigenvalue weighted by Crippen LogP contribution is 2.34. The van der Waals surface area contributed by atoms with Crippen LogP contribution in [-0.4, -0.2) is 45.9 Å². The molecule has 0 radical (unpaired) electrons. The number of alkyl halides is 3. The molecule has 2 N–H and O–H groups in total. The third-order valence-electron chi connectivity index (χ3n) is 3.95. The summed E-state index contributed by atoms with van der Waals surface area (Å²) in [6, 6.07) is 3.49. The molecule has 0 saturated heterocycles. The van der Waals surface area contributed by atoms with Crippen molar-refractivity contribution in [2.24, 2.45) is 4.99 Å². The van der Waals surface area contributed by atoms with E-state index in [2.05, 4.69) is 20.6 Å². The largest absolute Gasteiger partial charge is 0.496 e. The Morgan fingerprint density at radius 3 is 2.24 bits per heavy atom. The average molecular weight is 432 g/mol. The predicted molar refractivity (Wildman–Crippen MR) is 105 cm³/mol. The van der Waals surface area contributed by atoms with Gasteiger partial charge in [-0.25, -0.2) is 4.98 Å². The van der Waals surface area contributed by atoms with Gasteiger partial charge < -0.3 is 24.8 Å². The number of nitrogens with zero attached hydrogens (tertiary/aromatic N) is 2. The lowest BCUT2D eigenvalue weighted by Gasteiger charge is -2.17. The van der Waals surface area contributed by atoms with Crippen LogP contribution in [0.3, 0.4) is 0 Å². The molecule has 1 aromatic heterocycles. The standard InChI is InChI=1S/C18H23F3N4O3S/c1-22-17(23-6-5-16-25-15(10-29-16)18(19,20)21)24-9-12-13(27-3)7-11(26-2)8-14(12)28-4/h7-8,10H,5-6,9H2,1-4H3,(H2,22,23,24). The number of nitrogens with one attached hydrogen (secondary N) is 2. The summed E-state index contributed by atoms with van der Waals surface area (Å²) in [6.45, 7) is 0.729. The second-order valence-corrected chi connectivity index (χ2v) is 6.68. The SMILES string of the molecule is CN=C(NCCc1nc(C(F)(F)F)cs1)NCc1c(OC)cc(OC)cc1OC. The fraction of sp³-hybridized carbons (Fsp3) is 0.444. The first kappa shape index (κ1) is 22.6. The number of methoxy groups -OCH3 is 3. The van der Waals surface area contributed by atoms with E-state index < -0.39 is 11.9 Å². The maximum atomic E-state index is 12.6. The monoisotopic (exact) mass is 432 g/mol. The maximum Gasteiger partial charge on any atom is 0.434 e. The number of hydrogen-bond acceptors (Lipinski definition) is 6. The van der Waals surface area contributed by atoms with Crippen LogP contribution in [0.25, 0.3) is 0 Å². The molecule has 0 atom stereocenters. The first-order valence-electron chi connectivity index (χ1n) is 8.57. The van der Waals surface area contributed by atoms with Crippen molar-refractivity contribution < 1.29 is 27.4 Å². The van der Waals surface area contributed by atoms with Crippen LogP contribution < -0.4 is 24.8 Å². The van der Waals surface area contributed by atoms with E-state index >= 15 is 0 Å². The summed E-state index contributed by atoms with van der Waals surface area (Å²) in [5.41, 5.74) is -0.0906. The molecule has 11 heteroatoms. The quantitative estimate of drug-likeness (QED) is 0.493.